The smallest absolute Gasteiger partial charge is 0.225 e. The second kappa shape index (κ2) is 7.98. The molecule has 1 aliphatic carbocycles. The molecule has 132 valence electrons. The van der Waals surface area contributed by atoms with Crippen LogP contribution in [0, 0.1) is 11.8 Å². The SMILES string of the molecule is CC(C)C(=O)N1CCC(NC2CCCC2C2CCCCN2)CC1. The van der Waals surface area contributed by atoms with Crippen molar-refractivity contribution in [2.24, 2.45) is 11.8 Å². The van der Waals surface area contributed by atoms with Crippen LogP contribution < -0.4 is 10.6 Å². The van der Waals surface area contributed by atoms with Crippen molar-refractivity contribution in [2.45, 2.75) is 83.3 Å². The first-order chi connectivity index (χ1) is 11.1. The summed E-state index contributed by atoms with van der Waals surface area (Å²) in [5.74, 6) is 1.29. The molecule has 2 saturated heterocycles. The molecule has 1 amide bonds. The summed E-state index contributed by atoms with van der Waals surface area (Å²) in [5, 5.41) is 7.75. The summed E-state index contributed by atoms with van der Waals surface area (Å²) < 4.78 is 0. The quantitative estimate of drug-likeness (QED) is 0.836. The molecule has 2 aliphatic heterocycles. The molecule has 3 fully saturated rings. The molecule has 2 N–H and O–H groups in total. The number of piperidine rings is 2. The maximum atomic E-state index is 12.1. The van der Waals surface area contributed by atoms with Gasteiger partial charge >= 0.3 is 0 Å². The van der Waals surface area contributed by atoms with Crippen LogP contribution in [0.5, 0.6) is 0 Å². The molecule has 3 aliphatic rings. The average molecular weight is 322 g/mol. The topological polar surface area (TPSA) is 44.4 Å². The van der Waals surface area contributed by atoms with E-state index in [-0.39, 0.29) is 5.92 Å². The molecule has 0 aromatic rings. The van der Waals surface area contributed by atoms with E-state index in [1.165, 1.54) is 45.1 Å². The first kappa shape index (κ1) is 17.2. The van der Waals surface area contributed by atoms with Crippen LogP contribution in [0.1, 0.15) is 65.2 Å². The summed E-state index contributed by atoms with van der Waals surface area (Å²) in [6.45, 7) is 7.10. The summed E-state index contributed by atoms with van der Waals surface area (Å²) in [5.41, 5.74) is 0. The van der Waals surface area contributed by atoms with E-state index in [0.29, 0.717) is 18.0 Å². The second-order valence-corrected chi connectivity index (χ2v) is 8.18. The second-order valence-electron chi connectivity index (χ2n) is 8.18. The highest BCUT2D eigenvalue weighted by Gasteiger charge is 2.36. The van der Waals surface area contributed by atoms with E-state index in [4.69, 9.17) is 0 Å². The zero-order valence-corrected chi connectivity index (χ0v) is 15.0. The number of amides is 1. The molecule has 0 aromatic heterocycles. The summed E-state index contributed by atoms with van der Waals surface area (Å²) >= 11 is 0. The molecule has 3 atom stereocenters. The Morgan fingerprint density at radius 2 is 1.83 bits per heavy atom. The zero-order valence-electron chi connectivity index (χ0n) is 15.0. The van der Waals surface area contributed by atoms with Crippen LogP contribution in [0.3, 0.4) is 0 Å². The van der Waals surface area contributed by atoms with Crippen LogP contribution in [0.15, 0.2) is 0 Å². The predicted octanol–water partition coefficient (Wildman–Crippen LogP) is 2.53. The van der Waals surface area contributed by atoms with Crippen molar-refractivity contribution in [1.29, 1.82) is 0 Å². The number of carbonyl (C=O) groups excluding carboxylic acids is 1. The predicted molar refractivity (Wildman–Crippen MR) is 94.3 cm³/mol. The number of carbonyl (C=O) groups is 1. The average Bonchev–Trinajstić information content (AvgIpc) is 3.04. The monoisotopic (exact) mass is 321 g/mol. The van der Waals surface area contributed by atoms with Crippen molar-refractivity contribution < 1.29 is 4.79 Å². The molecule has 3 rings (SSSR count). The maximum absolute atomic E-state index is 12.1. The van der Waals surface area contributed by atoms with E-state index < -0.39 is 0 Å². The maximum Gasteiger partial charge on any atom is 0.225 e. The van der Waals surface area contributed by atoms with E-state index in [1.807, 2.05) is 13.8 Å². The lowest BCUT2D eigenvalue weighted by Crippen LogP contribution is -2.52. The van der Waals surface area contributed by atoms with E-state index in [0.717, 1.165) is 37.9 Å². The number of nitrogens with zero attached hydrogens (tertiary/aromatic N) is 1. The van der Waals surface area contributed by atoms with Crippen molar-refractivity contribution in [3.63, 3.8) is 0 Å². The van der Waals surface area contributed by atoms with Gasteiger partial charge in [0, 0.05) is 37.1 Å². The first-order valence-electron chi connectivity index (χ1n) is 9.93. The van der Waals surface area contributed by atoms with E-state index in [1.54, 1.807) is 0 Å². The highest BCUT2D eigenvalue weighted by atomic mass is 16.2. The number of rotatable bonds is 4. The number of nitrogens with one attached hydrogen (secondary N) is 2. The first-order valence-corrected chi connectivity index (χ1v) is 9.93. The van der Waals surface area contributed by atoms with Crippen LogP contribution in [-0.2, 0) is 4.79 Å². The van der Waals surface area contributed by atoms with Crippen LogP contribution in [0.25, 0.3) is 0 Å². The molecular weight excluding hydrogens is 286 g/mol. The van der Waals surface area contributed by atoms with Gasteiger partial charge < -0.3 is 15.5 Å². The van der Waals surface area contributed by atoms with E-state index in [9.17, 15) is 4.79 Å². The molecular formula is C19H35N3O. The third-order valence-electron chi connectivity index (χ3n) is 6.18. The van der Waals surface area contributed by atoms with Crippen molar-refractivity contribution in [3.05, 3.63) is 0 Å². The van der Waals surface area contributed by atoms with Gasteiger partial charge in [-0.2, -0.15) is 0 Å². The third-order valence-corrected chi connectivity index (χ3v) is 6.18. The van der Waals surface area contributed by atoms with Crippen LogP contribution in [0.4, 0.5) is 0 Å². The van der Waals surface area contributed by atoms with Gasteiger partial charge in [0.2, 0.25) is 5.91 Å². The molecule has 23 heavy (non-hydrogen) atoms. The van der Waals surface area contributed by atoms with Crippen molar-refractivity contribution in [1.82, 2.24) is 15.5 Å². The lowest BCUT2D eigenvalue weighted by molar-refractivity contribution is -0.135. The van der Waals surface area contributed by atoms with E-state index in [2.05, 4.69) is 15.5 Å². The Bertz CT molecular complexity index is 384. The minimum absolute atomic E-state index is 0.135. The van der Waals surface area contributed by atoms with Gasteiger partial charge in [0.15, 0.2) is 0 Å². The minimum atomic E-state index is 0.135. The third kappa shape index (κ3) is 4.27. The Hall–Kier alpha value is -0.610. The molecule has 4 nitrogen and oxygen atoms in total. The lowest BCUT2D eigenvalue weighted by atomic mass is 9.87. The van der Waals surface area contributed by atoms with Gasteiger partial charge in [-0.25, -0.2) is 0 Å². The molecule has 4 heteroatoms. The highest BCUT2D eigenvalue weighted by Crippen LogP contribution is 2.32. The fraction of sp³-hybridized carbons (Fsp3) is 0.947. The Labute approximate surface area is 141 Å². The lowest BCUT2D eigenvalue weighted by Gasteiger charge is -2.38. The Morgan fingerprint density at radius 1 is 1.04 bits per heavy atom. The molecule has 0 spiro atoms. The minimum Gasteiger partial charge on any atom is -0.342 e. The largest absolute Gasteiger partial charge is 0.342 e. The standard InChI is InChI=1S/C19H35N3O/c1-14(2)19(23)22-12-9-15(10-13-22)21-18-8-5-6-16(18)17-7-3-4-11-20-17/h14-18,20-21H,3-13H2,1-2H3. The molecule has 0 bridgehead atoms. The van der Waals surface area contributed by atoms with Crippen LogP contribution in [0.2, 0.25) is 0 Å². The van der Waals surface area contributed by atoms with Gasteiger partial charge in [-0.05, 0) is 51.0 Å². The molecule has 0 radical (unpaired) electrons. The number of hydrogen-bond acceptors (Lipinski definition) is 3. The van der Waals surface area contributed by atoms with Crippen LogP contribution in [-0.4, -0.2) is 48.6 Å². The summed E-state index contributed by atoms with van der Waals surface area (Å²) in [6, 6.07) is 2.05. The van der Waals surface area contributed by atoms with E-state index >= 15 is 0 Å². The summed E-state index contributed by atoms with van der Waals surface area (Å²) in [4.78, 5) is 14.2. The Balaban J connectivity index is 1.47. The van der Waals surface area contributed by atoms with Gasteiger partial charge in [0.1, 0.15) is 0 Å². The zero-order chi connectivity index (χ0) is 16.2. The van der Waals surface area contributed by atoms with Crippen molar-refractivity contribution in [3.8, 4) is 0 Å². The Morgan fingerprint density at radius 3 is 2.48 bits per heavy atom. The fourth-order valence-electron chi connectivity index (χ4n) is 4.86. The summed E-state index contributed by atoms with van der Waals surface area (Å²) in [6.07, 6.45) is 10.5. The van der Waals surface area contributed by atoms with Gasteiger partial charge in [0.25, 0.3) is 0 Å². The van der Waals surface area contributed by atoms with Crippen molar-refractivity contribution >= 4 is 5.91 Å². The Kier molecular flexibility index (Phi) is 5.97. The fourth-order valence-corrected chi connectivity index (χ4v) is 4.86. The van der Waals surface area contributed by atoms with Crippen LogP contribution >= 0.6 is 0 Å². The molecule has 0 aromatic carbocycles. The number of likely N-dealkylation sites (tertiary alicyclic amines) is 1. The summed E-state index contributed by atoms with van der Waals surface area (Å²) in [7, 11) is 0. The van der Waals surface area contributed by atoms with Crippen molar-refractivity contribution in [2.75, 3.05) is 19.6 Å². The molecule has 3 unspecified atom stereocenters. The highest BCUT2D eigenvalue weighted by molar-refractivity contribution is 5.78. The molecule has 2 heterocycles. The van der Waals surface area contributed by atoms with Gasteiger partial charge in [-0.15, -0.1) is 0 Å². The van der Waals surface area contributed by atoms with Gasteiger partial charge in [-0.1, -0.05) is 26.7 Å². The number of hydrogen-bond donors (Lipinski definition) is 2. The van der Waals surface area contributed by atoms with Gasteiger partial charge in [0.05, 0.1) is 0 Å². The normalized spacial score (nSPS) is 33.3. The van der Waals surface area contributed by atoms with Gasteiger partial charge in [-0.3, -0.25) is 4.79 Å². The molecule has 1 saturated carbocycles.